The van der Waals surface area contributed by atoms with Crippen molar-refractivity contribution in [2.75, 3.05) is 19.1 Å². The van der Waals surface area contributed by atoms with Gasteiger partial charge in [-0.1, -0.05) is 48.0 Å². The van der Waals surface area contributed by atoms with Crippen molar-refractivity contribution in [2.24, 2.45) is 5.73 Å². The summed E-state index contributed by atoms with van der Waals surface area (Å²) in [6, 6.07) is 17.8. The number of halogens is 1. The van der Waals surface area contributed by atoms with Crippen molar-refractivity contribution in [3.05, 3.63) is 94.0 Å². The van der Waals surface area contributed by atoms with Gasteiger partial charge in [-0.2, -0.15) is 5.26 Å². The molecule has 0 amide bonds. The number of anilines is 1. The molecular formula is C25H19ClN4O4. The number of methoxy groups -OCH3 is 2. The zero-order chi connectivity index (χ0) is 24.4. The minimum atomic E-state index is -0.944. The number of aromatic nitrogens is 1. The largest absolute Gasteiger partial charge is 0.466 e. The van der Waals surface area contributed by atoms with Crippen molar-refractivity contribution in [1.29, 1.82) is 5.26 Å². The zero-order valence-electron chi connectivity index (χ0n) is 18.3. The third-order valence-electron chi connectivity index (χ3n) is 5.52. The average molecular weight is 475 g/mol. The van der Waals surface area contributed by atoms with Crippen molar-refractivity contribution in [3.63, 3.8) is 0 Å². The molecule has 0 saturated carbocycles. The van der Waals surface area contributed by atoms with Gasteiger partial charge in [-0.3, -0.25) is 9.88 Å². The van der Waals surface area contributed by atoms with E-state index in [4.69, 9.17) is 26.8 Å². The Kier molecular flexibility index (Phi) is 6.21. The van der Waals surface area contributed by atoms with Crippen LogP contribution in [-0.4, -0.2) is 31.1 Å². The van der Waals surface area contributed by atoms with Crippen LogP contribution in [0.3, 0.4) is 0 Å². The highest BCUT2D eigenvalue weighted by Gasteiger charge is 2.43. The Hall–Kier alpha value is -4.35. The van der Waals surface area contributed by atoms with Crippen molar-refractivity contribution < 1.29 is 19.1 Å². The maximum atomic E-state index is 13.2. The SMILES string of the molecule is COC(=O)C1=C(C(=O)OC)N(c2cccc3ncc(Cl)cc23)C(N)=C(C#N)C1c1ccccc1. The molecule has 2 heterocycles. The highest BCUT2D eigenvalue weighted by molar-refractivity contribution is 6.31. The summed E-state index contributed by atoms with van der Waals surface area (Å²) in [7, 11) is 2.40. The van der Waals surface area contributed by atoms with E-state index in [1.54, 1.807) is 54.6 Å². The smallest absolute Gasteiger partial charge is 0.355 e. The fourth-order valence-electron chi connectivity index (χ4n) is 4.07. The molecule has 1 aromatic heterocycles. The molecule has 0 aliphatic carbocycles. The number of hydrogen-bond acceptors (Lipinski definition) is 8. The van der Waals surface area contributed by atoms with Crippen LogP contribution in [0.2, 0.25) is 5.02 Å². The van der Waals surface area contributed by atoms with Gasteiger partial charge in [-0.05, 0) is 23.8 Å². The maximum absolute atomic E-state index is 13.2. The summed E-state index contributed by atoms with van der Waals surface area (Å²) in [5.74, 6) is -2.60. The number of nitriles is 1. The molecule has 1 atom stereocenters. The molecular weight excluding hydrogens is 456 g/mol. The normalized spacial score (nSPS) is 15.8. The first-order valence-corrected chi connectivity index (χ1v) is 10.5. The number of rotatable bonds is 4. The first kappa shape index (κ1) is 22.8. The Morgan fingerprint density at radius 3 is 2.44 bits per heavy atom. The molecule has 0 bridgehead atoms. The maximum Gasteiger partial charge on any atom is 0.355 e. The quantitative estimate of drug-likeness (QED) is 0.567. The van der Waals surface area contributed by atoms with Gasteiger partial charge in [0.1, 0.15) is 11.5 Å². The molecule has 1 unspecified atom stereocenters. The van der Waals surface area contributed by atoms with E-state index in [9.17, 15) is 14.9 Å². The number of allylic oxidation sites excluding steroid dienone is 1. The number of nitrogens with zero attached hydrogens (tertiary/aromatic N) is 3. The molecule has 1 aliphatic heterocycles. The van der Waals surface area contributed by atoms with Crippen molar-refractivity contribution in [3.8, 4) is 6.07 Å². The number of pyridine rings is 1. The Bertz CT molecular complexity index is 1410. The van der Waals surface area contributed by atoms with Gasteiger partial charge in [0, 0.05) is 11.6 Å². The highest BCUT2D eigenvalue weighted by atomic mass is 35.5. The summed E-state index contributed by atoms with van der Waals surface area (Å²) in [5, 5.41) is 11.0. The Morgan fingerprint density at radius 2 is 1.79 bits per heavy atom. The predicted octanol–water partition coefficient (Wildman–Crippen LogP) is 3.79. The van der Waals surface area contributed by atoms with Crippen LogP contribution in [0.4, 0.5) is 5.69 Å². The second kappa shape index (κ2) is 9.25. The number of benzene rings is 2. The molecule has 2 N–H and O–H groups in total. The van der Waals surface area contributed by atoms with E-state index in [-0.39, 0.29) is 22.7 Å². The number of carbonyl (C=O) groups excluding carboxylic acids is 2. The number of fused-ring (bicyclic) bond motifs is 1. The first-order valence-electron chi connectivity index (χ1n) is 10.1. The standard InChI is InChI=1S/C25H19ClN4O4/c1-33-24(31)21-20(14-7-4-3-5-8-14)17(12-27)23(28)30(22(21)25(32)34-2)19-10-6-9-18-16(19)11-15(26)13-29-18/h3-11,13,20H,28H2,1-2H3. The second-order valence-corrected chi connectivity index (χ2v) is 7.77. The predicted molar refractivity (Wildman–Crippen MR) is 126 cm³/mol. The van der Waals surface area contributed by atoms with Gasteiger partial charge in [0.25, 0.3) is 0 Å². The molecule has 0 radical (unpaired) electrons. The van der Waals surface area contributed by atoms with Crippen molar-refractivity contribution >= 4 is 40.1 Å². The summed E-state index contributed by atoms with van der Waals surface area (Å²) in [4.78, 5) is 31.9. The molecule has 0 fully saturated rings. The molecule has 9 heteroatoms. The van der Waals surface area contributed by atoms with Crippen LogP contribution < -0.4 is 10.6 Å². The van der Waals surface area contributed by atoms with Crippen molar-refractivity contribution in [2.45, 2.75) is 5.92 Å². The lowest BCUT2D eigenvalue weighted by Gasteiger charge is -2.36. The zero-order valence-corrected chi connectivity index (χ0v) is 19.0. The van der Waals surface area contributed by atoms with Gasteiger partial charge in [-0.15, -0.1) is 0 Å². The lowest BCUT2D eigenvalue weighted by atomic mass is 9.81. The van der Waals surface area contributed by atoms with Crippen molar-refractivity contribution in [1.82, 2.24) is 4.98 Å². The Morgan fingerprint density at radius 1 is 1.09 bits per heavy atom. The van der Waals surface area contributed by atoms with E-state index in [2.05, 4.69) is 11.1 Å². The molecule has 4 rings (SSSR count). The molecule has 8 nitrogen and oxygen atoms in total. The minimum absolute atomic E-state index is 0.0307. The van der Waals surface area contributed by atoms with Crippen LogP contribution >= 0.6 is 11.6 Å². The summed E-state index contributed by atoms with van der Waals surface area (Å²) in [5.41, 5.74) is 7.94. The molecule has 1 aliphatic rings. The van der Waals surface area contributed by atoms with E-state index in [0.29, 0.717) is 27.2 Å². The van der Waals surface area contributed by atoms with Crippen LogP contribution in [0, 0.1) is 11.3 Å². The van der Waals surface area contributed by atoms with Gasteiger partial charge in [-0.25, -0.2) is 9.59 Å². The summed E-state index contributed by atoms with van der Waals surface area (Å²) >= 11 is 6.20. The molecule has 0 saturated heterocycles. The van der Waals surface area contributed by atoms with Crippen LogP contribution in [0.1, 0.15) is 11.5 Å². The van der Waals surface area contributed by atoms with Gasteiger partial charge in [0.05, 0.1) is 53.6 Å². The lowest BCUT2D eigenvalue weighted by Crippen LogP contribution is -2.40. The second-order valence-electron chi connectivity index (χ2n) is 7.33. The van der Waals surface area contributed by atoms with E-state index in [1.165, 1.54) is 25.3 Å². The third-order valence-corrected chi connectivity index (χ3v) is 5.73. The van der Waals surface area contributed by atoms with Crippen LogP contribution in [0.5, 0.6) is 0 Å². The average Bonchev–Trinajstić information content (AvgIpc) is 2.87. The topological polar surface area (TPSA) is 119 Å². The number of ether oxygens (including phenoxy) is 2. The molecule has 34 heavy (non-hydrogen) atoms. The molecule has 3 aromatic rings. The molecule has 2 aromatic carbocycles. The van der Waals surface area contributed by atoms with Gasteiger partial charge in [0.15, 0.2) is 0 Å². The minimum Gasteiger partial charge on any atom is -0.466 e. The summed E-state index contributed by atoms with van der Waals surface area (Å²) < 4.78 is 10.1. The highest BCUT2D eigenvalue weighted by Crippen LogP contribution is 2.44. The summed E-state index contributed by atoms with van der Waals surface area (Å²) in [6.45, 7) is 0. The van der Waals surface area contributed by atoms with Gasteiger partial charge < -0.3 is 15.2 Å². The number of carbonyl (C=O) groups is 2. The van der Waals surface area contributed by atoms with Gasteiger partial charge in [0.2, 0.25) is 0 Å². The molecule has 170 valence electrons. The van der Waals surface area contributed by atoms with E-state index >= 15 is 0 Å². The monoisotopic (exact) mass is 474 g/mol. The number of hydrogen-bond donors (Lipinski definition) is 1. The first-order chi connectivity index (χ1) is 16.4. The fourth-order valence-corrected chi connectivity index (χ4v) is 4.22. The van der Waals surface area contributed by atoms with E-state index < -0.39 is 17.9 Å². The lowest BCUT2D eigenvalue weighted by molar-refractivity contribution is -0.139. The Labute approximate surface area is 200 Å². The third kappa shape index (κ3) is 3.72. The fraction of sp³-hybridized carbons (Fsp3) is 0.120. The van der Waals surface area contributed by atoms with Gasteiger partial charge >= 0.3 is 11.9 Å². The van der Waals surface area contributed by atoms with E-state index in [0.717, 1.165) is 0 Å². The van der Waals surface area contributed by atoms with Crippen LogP contribution in [0.25, 0.3) is 10.9 Å². The van der Waals surface area contributed by atoms with E-state index in [1.807, 2.05) is 0 Å². The number of esters is 2. The Balaban J connectivity index is 2.13. The number of nitrogens with two attached hydrogens (primary N) is 1. The summed E-state index contributed by atoms with van der Waals surface area (Å²) in [6.07, 6.45) is 1.49. The van der Waals surface area contributed by atoms with Crippen LogP contribution in [0.15, 0.2) is 83.5 Å². The van der Waals surface area contributed by atoms with Crippen LogP contribution in [-0.2, 0) is 19.1 Å². The molecule has 0 spiro atoms.